The Kier molecular flexibility index (Phi) is 1.93. The van der Waals surface area contributed by atoms with E-state index in [-0.39, 0.29) is 18.0 Å². The van der Waals surface area contributed by atoms with Crippen molar-refractivity contribution in [2.75, 3.05) is 4.90 Å². The number of hydrogen-bond acceptors (Lipinski definition) is 1. The van der Waals surface area contributed by atoms with Gasteiger partial charge < -0.3 is 4.90 Å². The third-order valence-electron chi connectivity index (χ3n) is 3.17. The molecule has 1 amide bonds. The van der Waals surface area contributed by atoms with Gasteiger partial charge in [-0.3, -0.25) is 4.79 Å². The molecule has 1 unspecified atom stereocenters. The van der Waals surface area contributed by atoms with Gasteiger partial charge in [-0.15, -0.1) is 0 Å². The molecule has 2 aromatic rings. The minimum atomic E-state index is -0.620. The maximum Gasteiger partial charge on any atom is 0.258 e. The van der Waals surface area contributed by atoms with E-state index in [1.807, 2.05) is 18.2 Å². The molecule has 2 nitrogen and oxygen atoms in total. The summed E-state index contributed by atoms with van der Waals surface area (Å²) >= 11 is 0. The molecule has 2 aromatic carbocycles. The molecule has 0 N–H and O–H groups in total. The van der Waals surface area contributed by atoms with Crippen molar-refractivity contribution in [2.24, 2.45) is 0 Å². The van der Waals surface area contributed by atoms with Gasteiger partial charge in [-0.05, 0) is 35.7 Å². The first-order valence-corrected chi connectivity index (χ1v) is 5.92. The van der Waals surface area contributed by atoms with Gasteiger partial charge in [0.2, 0.25) is 0 Å². The van der Waals surface area contributed by atoms with Crippen LogP contribution < -0.4 is 4.90 Å². The van der Waals surface area contributed by atoms with Gasteiger partial charge in [0.1, 0.15) is 0 Å². The number of fused-ring (bicyclic) bond motifs is 1. The number of rotatable bonds is 2. The molecule has 1 atom stereocenters. The van der Waals surface area contributed by atoms with E-state index >= 15 is 0 Å². The van der Waals surface area contributed by atoms with Gasteiger partial charge in [0.05, 0.1) is 9.29 Å². The Hall–Kier alpha value is -2.09. The summed E-state index contributed by atoms with van der Waals surface area (Å²) in [5.74, 6) is -0.101. The smallest absolute Gasteiger partial charge is 0.258 e. The van der Waals surface area contributed by atoms with Crippen LogP contribution in [0.5, 0.6) is 0 Å². The first-order chi connectivity index (χ1) is 9.99. The molecule has 18 heavy (non-hydrogen) atoms. The Morgan fingerprint density at radius 2 is 2.00 bits per heavy atom. The van der Waals surface area contributed by atoms with Crippen LogP contribution in [0.1, 0.15) is 32.5 Å². The van der Waals surface area contributed by atoms with Crippen LogP contribution in [0, 0.1) is 0 Å². The number of anilines is 1. The zero-order valence-corrected chi connectivity index (χ0v) is 10.1. The molecule has 0 saturated carbocycles. The average molecular weight is 240 g/mol. The number of hydrogen-bond donors (Lipinski definition) is 0. The molecule has 2 heteroatoms. The fourth-order valence-corrected chi connectivity index (χ4v) is 2.17. The zero-order valence-electron chi connectivity index (χ0n) is 13.1. The van der Waals surface area contributed by atoms with Crippen molar-refractivity contribution < 1.29 is 8.91 Å². The summed E-state index contributed by atoms with van der Waals surface area (Å²) in [5.41, 5.74) is 2.57. The van der Waals surface area contributed by atoms with Crippen LogP contribution in [-0.2, 0) is 12.9 Å². The van der Waals surface area contributed by atoms with E-state index in [4.69, 9.17) is 4.11 Å². The standard InChI is InChI=1S/C16H15NO/c1-2-12-7-9-14(10-8-12)17-11-13-5-3-4-6-15(13)16(17)18/h3-10H,2,11H2,1H3/i2D,7D,8D. The zero-order chi connectivity index (χ0) is 15.1. The highest BCUT2D eigenvalue weighted by Crippen LogP contribution is 2.28. The van der Waals surface area contributed by atoms with Crippen LogP contribution in [0.3, 0.4) is 0 Å². The molecule has 0 aliphatic carbocycles. The fourth-order valence-electron chi connectivity index (χ4n) is 2.17. The van der Waals surface area contributed by atoms with Crippen LogP contribution in [0.4, 0.5) is 5.69 Å². The lowest BCUT2D eigenvalue weighted by atomic mass is 10.1. The van der Waals surface area contributed by atoms with E-state index in [2.05, 4.69) is 0 Å². The first kappa shape index (κ1) is 8.09. The van der Waals surface area contributed by atoms with Gasteiger partial charge in [-0.2, -0.15) is 0 Å². The quantitative estimate of drug-likeness (QED) is 0.787. The van der Waals surface area contributed by atoms with E-state index in [1.165, 1.54) is 0 Å². The van der Waals surface area contributed by atoms with Crippen molar-refractivity contribution in [2.45, 2.75) is 19.9 Å². The SMILES string of the molecule is [2H]c1cc(N2Cc3ccccc3C2=O)cc([2H])c1C([2H])C. The van der Waals surface area contributed by atoms with Crippen LogP contribution >= 0.6 is 0 Å². The largest absolute Gasteiger partial charge is 0.304 e. The van der Waals surface area contributed by atoms with Gasteiger partial charge in [-0.25, -0.2) is 0 Å². The third kappa shape index (κ3) is 1.70. The molecule has 0 radical (unpaired) electrons. The van der Waals surface area contributed by atoms with E-state index in [0.29, 0.717) is 23.4 Å². The number of amides is 1. The van der Waals surface area contributed by atoms with E-state index in [1.54, 1.807) is 30.0 Å². The van der Waals surface area contributed by atoms with Gasteiger partial charge in [-0.1, -0.05) is 37.2 Å². The van der Waals surface area contributed by atoms with Crippen molar-refractivity contribution in [3.05, 3.63) is 65.2 Å². The molecule has 1 aliphatic heterocycles. The minimum Gasteiger partial charge on any atom is -0.304 e. The summed E-state index contributed by atoms with van der Waals surface area (Å²) < 4.78 is 23.7. The normalized spacial score (nSPS) is 17.9. The number of nitrogens with zero attached hydrogens (tertiary/aromatic N) is 1. The number of carbonyl (C=O) groups is 1. The number of benzene rings is 2. The lowest BCUT2D eigenvalue weighted by Gasteiger charge is -2.16. The second kappa shape index (κ2) is 4.30. The molecular weight excluding hydrogens is 222 g/mol. The average Bonchev–Trinajstić information content (AvgIpc) is 2.75. The van der Waals surface area contributed by atoms with Crippen LogP contribution in [-0.4, -0.2) is 5.91 Å². The molecular formula is C16H15NO. The molecule has 0 aromatic heterocycles. The van der Waals surface area contributed by atoms with Crippen LogP contribution in [0.25, 0.3) is 0 Å². The number of carbonyl (C=O) groups excluding carboxylic acids is 1. The van der Waals surface area contributed by atoms with Gasteiger partial charge >= 0.3 is 0 Å². The van der Waals surface area contributed by atoms with Crippen molar-refractivity contribution >= 4 is 11.6 Å². The molecule has 3 rings (SSSR count). The Labute approximate surface area is 111 Å². The second-order valence-corrected chi connectivity index (χ2v) is 4.25. The van der Waals surface area contributed by atoms with E-state index < -0.39 is 6.40 Å². The van der Waals surface area contributed by atoms with E-state index in [9.17, 15) is 4.79 Å². The molecule has 0 saturated heterocycles. The van der Waals surface area contributed by atoms with Crippen LogP contribution in [0.15, 0.2) is 48.5 Å². The Morgan fingerprint density at radius 3 is 2.67 bits per heavy atom. The predicted molar refractivity (Wildman–Crippen MR) is 72.8 cm³/mol. The van der Waals surface area contributed by atoms with Gasteiger partial charge in [0.25, 0.3) is 5.91 Å². The summed E-state index contributed by atoms with van der Waals surface area (Å²) in [4.78, 5) is 14.0. The fraction of sp³-hybridized carbons (Fsp3) is 0.188. The summed E-state index contributed by atoms with van der Waals surface area (Å²) in [6.07, 6.45) is -0.620. The molecule has 0 spiro atoms. The first-order valence-electron chi connectivity index (χ1n) is 7.50. The van der Waals surface area contributed by atoms with Gasteiger partial charge in [0, 0.05) is 12.6 Å². The maximum atomic E-state index is 12.4. The van der Waals surface area contributed by atoms with Crippen molar-refractivity contribution in [3.8, 4) is 0 Å². The predicted octanol–water partition coefficient (Wildman–Crippen LogP) is 3.41. The highest BCUT2D eigenvalue weighted by Gasteiger charge is 2.27. The Morgan fingerprint density at radius 1 is 1.28 bits per heavy atom. The van der Waals surface area contributed by atoms with Gasteiger partial charge in [0.15, 0.2) is 0 Å². The molecule has 0 fully saturated rings. The lowest BCUT2D eigenvalue weighted by molar-refractivity contribution is 0.0996. The topological polar surface area (TPSA) is 20.3 Å². The summed E-state index contributed by atoms with van der Waals surface area (Å²) in [7, 11) is 0. The highest BCUT2D eigenvalue weighted by molar-refractivity contribution is 6.09. The summed E-state index contributed by atoms with van der Waals surface area (Å²) in [5, 5.41) is 0. The monoisotopic (exact) mass is 240 g/mol. The summed E-state index contributed by atoms with van der Waals surface area (Å²) in [6.45, 7) is 2.10. The lowest BCUT2D eigenvalue weighted by Crippen LogP contribution is -2.22. The highest BCUT2D eigenvalue weighted by atomic mass is 16.2. The van der Waals surface area contributed by atoms with Crippen molar-refractivity contribution in [1.29, 1.82) is 0 Å². The molecule has 1 heterocycles. The van der Waals surface area contributed by atoms with Crippen molar-refractivity contribution in [3.63, 3.8) is 0 Å². The Balaban J connectivity index is 2.02. The second-order valence-electron chi connectivity index (χ2n) is 4.25. The summed E-state index contributed by atoms with van der Waals surface area (Å²) in [6, 6.07) is 10.9. The maximum absolute atomic E-state index is 12.4. The van der Waals surface area contributed by atoms with E-state index in [0.717, 1.165) is 5.56 Å². The molecule has 90 valence electrons. The Bertz CT molecular complexity index is 704. The third-order valence-corrected chi connectivity index (χ3v) is 3.17. The minimum absolute atomic E-state index is 0.101. The van der Waals surface area contributed by atoms with Crippen LogP contribution in [0.2, 0.25) is 0 Å². The van der Waals surface area contributed by atoms with Crippen molar-refractivity contribution in [1.82, 2.24) is 0 Å². The molecule has 0 bridgehead atoms. The molecule has 1 aliphatic rings.